The van der Waals surface area contributed by atoms with Crippen LogP contribution in [0.3, 0.4) is 0 Å². The van der Waals surface area contributed by atoms with Crippen LogP contribution < -0.4 is 15.4 Å². The third-order valence-corrected chi connectivity index (χ3v) is 6.24. The van der Waals surface area contributed by atoms with E-state index in [1.54, 1.807) is 18.2 Å². The van der Waals surface area contributed by atoms with Gasteiger partial charge in [-0.15, -0.1) is 0 Å². The molecule has 0 spiro atoms. The van der Waals surface area contributed by atoms with Crippen LogP contribution in [0.4, 0.5) is 5.69 Å². The predicted molar refractivity (Wildman–Crippen MR) is 98.0 cm³/mol. The van der Waals surface area contributed by atoms with Crippen molar-refractivity contribution >= 4 is 33.0 Å². The molecule has 8 heteroatoms. The van der Waals surface area contributed by atoms with Gasteiger partial charge in [0.1, 0.15) is 10.6 Å². The highest BCUT2D eigenvalue weighted by atomic mass is 32.2. The van der Waals surface area contributed by atoms with Crippen molar-refractivity contribution in [1.29, 1.82) is 0 Å². The topological polar surface area (TPSA) is 70.7 Å². The number of thiocarbonyl (C=S) groups is 1. The molecule has 2 fully saturated rings. The quantitative estimate of drug-likeness (QED) is 0.750. The minimum absolute atomic E-state index is 0.200. The van der Waals surface area contributed by atoms with Crippen LogP contribution in [0.2, 0.25) is 0 Å². The Morgan fingerprint density at radius 1 is 1.33 bits per heavy atom. The van der Waals surface area contributed by atoms with Gasteiger partial charge in [-0.1, -0.05) is 0 Å². The van der Waals surface area contributed by atoms with Gasteiger partial charge in [-0.25, -0.2) is 8.42 Å². The molecule has 0 atom stereocenters. The molecule has 3 rings (SSSR count). The number of sulfonamides is 1. The summed E-state index contributed by atoms with van der Waals surface area (Å²) in [6.45, 7) is 3.38. The molecule has 0 radical (unpaired) electrons. The van der Waals surface area contributed by atoms with E-state index in [4.69, 9.17) is 17.0 Å². The van der Waals surface area contributed by atoms with E-state index in [0.29, 0.717) is 42.3 Å². The SMILES string of the molecule is CCOc1ccc(NC(=S)NC2CC2)cc1S(=O)(=O)N1CCCC1. The number of hydrogen-bond donors (Lipinski definition) is 2. The molecule has 1 heterocycles. The van der Waals surface area contributed by atoms with Gasteiger partial charge in [0.2, 0.25) is 10.0 Å². The Morgan fingerprint density at radius 2 is 2.04 bits per heavy atom. The van der Waals surface area contributed by atoms with Gasteiger partial charge < -0.3 is 15.4 Å². The minimum atomic E-state index is -3.56. The number of nitrogens with zero attached hydrogens (tertiary/aromatic N) is 1. The predicted octanol–water partition coefficient (Wildman–Crippen LogP) is 2.32. The van der Waals surface area contributed by atoms with Gasteiger partial charge in [-0.05, 0) is 63.0 Å². The molecule has 0 unspecified atom stereocenters. The van der Waals surface area contributed by atoms with Crippen LogP contribution in [0.25, 0.3) is 0 Å². The van der Waals surface area contributed by atoms with Crippen LogP contribution in [0.5, 0.6) is 5.75 Å². The molecule has 0 aromatic heterocycles. The zero-order valence-corrected chi connectivity index (χ0v) is 15.4. The molecular formula is C16H23N3O3S2. The lowest BCUT2D eigenvalue weighted by Crippen LogP contribution is -2.30. The van der Waals surface area contributed by atoms with E-state index in [1.165, 1.54) is 4.31 Å². The highest BCUT2D eigenvalue weighted by Crippen LogP contribution is 2.31. The second kappa shape index (κ2) is 7.25. The molecule has 24 heavy (non-hydrogen) atoms. The van der Waals surface area contributed by atoms with Crippen LogP contribution in [0.1, 0.15) is 32.6 Å². The van der Waals surface area contributed by atoms with Crippen LogP contribution in [0, 0.1) is 0 Å². The van der Waals surface area contributed by atoms with Gasteiger partial charge in [-0.3, -0.25) is 0 Å². The summed E-state index contributed by atoms with van der Waals surface area (Å²) in [5.74, 6) is 0.385. The third-order valence-electron chi connectivity index (χ3n) is 4.10. The zero-order chi connectivity index (χ0) is 17.2. The Morgan fingerprint density at radius 3 is 2.67 bits per heavy atom. The van der Waals surface area contributed by atoms with Gasteiger partial charge >= 0.3 is 0 Å². The summed E-state index contributed by atoms with van der Waals surface area (Å²) >= 11 is 5.27. The summed E-state index contributed by atoms with van der Waals surface area (Å²) < 4.78 is 32.9. The summed E-state index contributed by atoms with van der Waals surface area (Å²) in [6.07, 6.45) is 4.05. The average molecular weight is 370 g/mol. The van der Waals surface area contributed by atoms with Gasteiger partial charge in [-0.2, -0.15) is 4.31 Å². The van der Waals surface area contributed by atoms with Crippen molar-refractivity contribution in [1.82, 2.24) is 9.62 Å². The van der Waals surface area contributed by atoms with Crippen LogP contribution in [-0.2, 0) is 10.0 Å². The molecule has 1 aliphatic heterocycles. The maximum atomic E-state index is 12.9. The maximum absolute atomic E-state index is 12.9. The molecule has 0 amide bonds. The number of benzene rings is 1. The van der Waals surface area contributed by atoms with Gasteiger partial charge in [0, 0.05) is 24.8 Å². The highest BCUT2D eigenvalue weighted by Gasteiger charge is 2.30. The van der Waals surface area contributed by atoms with Crippen molar-refractivity contribution in [2.45, 2.75) is 43.5 Å². The van der Waals surface area contributed by atoms with E-state index in [-0.39, 0.29) is 4.90 Å². The first kappa shape index (κ1) is 17.4. The first-order valence-electron chi connectivity index (χ1n) is 8.35. The fraction of sp³-hybridized carbons (Fsp3) is 0.562. The first-order chi connectivity index (χ1) is 11.5. The molecule has 2 aliphatic rings. The van der Waals surface area contributed by atoms with Crippen molar-refractivity contribution in [3.63, 3.8) is 0 Å². The van der Waals surface area contributed by atoms with E-state index >= 15 is 0 Å². The summed E-state index contributed by atoms with van der Waals surface area (Å²) in [5, 5.41) is 6.77. The molecule has 1 saturated carbocycles. The Labute approximate surface area is 148 Å². The van der Waals surface area contributed by atoms with Crippen LogP contribution in [0.15, 0.2) is 23.1 Å². The Kier molecular flexibility index (Phi) is 5.27. The zero-order valence-electron chi connectivity index (χ0n) is 13.7. The normalized spacial score (nSPS) is 18.4. The van der Waals surface area contributed by atoms with Crippen molar-refractivity contribution < 1.29 is 13.2 Å². The summed E-state index contributed by atoms with van der Waals surface area (Å²) in [7, 11) is -3.56. The Bertz CT molecular complexity index is 711. The molecule has 1 aromatic rings. The lowest BCUT2D eigenvalue weighted by atomic mass is 10.3. The standard InChI is InChI=1S/C16H23N3O3S2/c1-2-22-14-8-7-13(18-16(23)17-12-5-6-12)11-15(14)24(20,21)19-9-3-4-10-19/h7-8,11-12H,2-6,9-10H2,1H3,(H2,17,18,23). The fourth-order valence-electron chi connectivity index (χ4n) is 2.71. The van der Waals surface area contributed by atoms with E-state index in [1.807, 2.05) is 6.92 Å². The van der Waals surface area contributed by atoms with E-state index in [2.05, 4.69) is 10.6 Å². The largest absolute Gasteiger partial charge is 0.492 e. The van der Waals surface area contributed by atoms with Crippen molar-refractivity contribution in [3.05, 3.63) is 18.2 Å². The number of hydrogen-bond acceptors (Lipinski definition) is 4. The lowest BCUT2D eigenvalue weighted by molar-refractivity contribution is 0.330. The molecule has 1 aliphatic carbocycles. The molecule has 1 saturated heterocycles. The monoisotopic (exact) mass is 369 g/mol. The molecule has 1 aromatic carbocycles. The average Bonchev–Trinajstić information content (AvgIpc) is 3.16. The molecule has 0 bridgehead atoms. The fourth-order valence-corrected chi connectivity index (χ4v) is 4.67. The number of rotatable bonds is 6. The van der Waals surface area contributed by atoms with Crippen molar-refractivity contribution in [3.8, 4) is 5.75 Å². The molecular weight excluding hydrogens is 346 g/mol. The van der Waals surface area contributed by atoms with Crippen LogP contribution >= 0.6 is 12.2 Å². The number of ether oxygens (including phenoxy) is 1. The Hall–Kier alpha value is -1.38. The molecule has 132 valence electrons. The summed E-state index contributed by atoms with van der Waals surface area (Å²) in [6, 6.07) is 5.53. The molecule has 2 N–H and O–H groups in total. The van der Waals surface area contributed by atoms with E-state index in [9.17, 15) is 8.42 Å². The second-order valence-corrected chi connectivity index (χ2v) is 8.39. The van der Waals surface area contributed by atoms with E-state index < -0.39 is 10.0 Å². The summed E-state index contributed by atoms with van der Waals surface area (Å²) in [4.78, 5) is 0.200. The molecule has 6 nitrogen and oxygen atoms in total. The smallest absolute Gasteiger partial charge is 0.246 e. The first-order valence-corrected chi connectivity index (χ1v) is 10.2. The summed E-state index contributed by atoms with van der Waals surface area (Å²) in [5.41, 5.74) is 0.648. The second-order valence-electron chi connectivity index (χ2n) is 6.08. The van der Waals surface area contributed by atoms with Crippen LogP contribution in [-0.4, -0.2) is 43.6 Å². The van der Waals surface area contributed by atoms with Gasteiger partial charge in [0.25, 0.3) is 0 Å². The van der Waals surface area contributed by atoms with Crippen molar-refractivity contribution in [2.24, 2.45) is 0 Å². The van der Waals surface area contributed by atoms with Gasteiger partial charge in [0.15, 0.2) is 5.11 Å². The maximum Gasteiger partial charge on any atom is 0.246 e. The highest BCUT2D eigenvalue weighted by molar-refractivity contribution is 7.89. The number of nitrogens with one attached hydrogen (secondary N) is 2. The van der Waals surface area contributed by atoms with Gasteiger partial charge in [0.05, 0.1) is 6.61 Å². The van der Waals surface area contributed by atoms with Crippen molar-refractivity contribution in [2.75, 3.05) is 25.0 Å². The van der Waals surface area contributed by atoms with E-state index in [0.717, 1.165) is 25.7 Å². The third kappa shape index (κ3) is 3.99. The minimum Gasteiger partial charge on any atom is -0.492 e. The Balaban J connectivity index is 1.86. The lowest BCUT2D eigenvalue weighted by Gasteiger charge is -2.19. The number of anilines is 1.